The average molecular weight is 413 g/mol. The summed E-state index contributed by atoms with van der Waals surface area (Å²) in [5, 5.41) is 2.79. The largest absolute Gasteiger partial charge is 0.335 e. The number of rotatable bonds is 8. The third-order valence-corrected chi connectivity index (χ3v) is 6.42. The van der Waals surface area contributed by atoms with Gasteiger partial charge < -0.3 is 10.2 Å². The van der Waals surface area contributed by atoms with Gasteiger partial charge in [0, 0.05) is 18.5 Å². The second kappa shape index (κ2) is 10.5. The number of thioether (sulfide) groups is 1. The number of nitrogens with zero attached hydrogens (tertiary/aromatic N) is 1. The zero-order chi connectivity index (χ0) is 21.6. The van der Waals surface area contributed by atoms with Crippen LogP contribution in [0.15, 0.2) is 42.5 Å². The number of benzene rings is 2. The first kappa shape index (κ1) is 23.0. The van der Waals surface area contributed by atoms with E-state index in [0.717, 1.165) is 22.6 Å². The van der Waals surface area contributed by atoms with E-state index in [0.29, 0.717) is 0 Å². The van der Waals surface area contributed by atoms with Crippen molar-refractivity contribution in [2.75, 3.05) is 18.9 Å². The van der Waals surface area contributed by atoms with Crippen LogP contribution in [-0.2, 0) is 15.3 Å². The van der Waals surface area contributed by atoms with E-state index in [1.165, 1.54) is 16.0 Å². The second-order valence-corrected chi connectivity index (χ2v) is 9.11. The van der Waals surface area contributed by atoms with E-state index in [1.54, 1.807) is 18.8 Å². The molecule has 2 aromatic carbocycles. The van der Waals surface area contributed by atoms with Gasteiger partial charge in [-0.3, -0.25) is 9.59 Å². The van der Waals surface area contributed by atoms with E-state index < -0.39 is 0 Å². The minimum Gasteiger partial charge on any atom is -0.335 e. The van der Waals surface area contributed by atoms with Gasteiger partial charge in [0.25, 0.3) is 0 Å². The molecule has 0 heterocycles. The quantitative estimate of drug-likeness (QED) is 0.666. The van der Waals surface area contributed by atoms with E-state index in [2.05, 4.69) is 17.4 Å². The number of likely N-dealkylation sites (N-methyl/N-ethyl adjacent to an activating group) is 1. The van der Waals surface area contributed by atoms with Gasteiger partial charge in [-0.2, -0.15) is 0 Å². The number of aryl methyl sites for hydroxylation is 3. The molecule has 29 heavy (non-hydrogen) atoms. The summed E-state index contributed by atoms with van der Waals surface area (Å²) in [4.78, 5) is 27.1. The Morgan fingerprint density at radius 2 is 1.62 bits per heavy atom. The summed E-state index contributed by atoms with van der Waals surface area (Å²) < 4.78 is 0. The van der Waals surface area contributed by atoms with Gasteiger partial charge in [0.15, 0.2) is 0 Å². The first-order valence-corrected chi connectivity index (χ1v) is 11.0. The lowest BCUT2D eigenvalue weighted by atomic mass is 10.1. The molecule has 0 aliphatic carbocycles. The van der Waals surface area contributed by atoms with Crippen molar-refractivity contribution in [2.24, 2.45) is 5.92 Å². The van der Waals surface area contributed by atoms with Crippen LogP contribution in [-0.4, -0.2) is 35.6 Å². The minimum absolute atomic E-state index is 0.00608. The average Bonchev–Trinajstić information content (AvgIpc) is 2.65. The SMILES string of the molecule is Cc1cc(C)c(NC(=O)CN(C)C(=O)C(SCc2ccccc2)C(C)C)c(C)c1. The highest BCUT2D eigenvalue weighted by Gasteiger charge is 2.27. The van der Waals surface area contributed by atoms with Crippen molar-refractivity contribution in [1.29, 1.82) is 0 Å². The maximum absolute atomic E-state index is 13.0. The van der Waals surface area contributed by atoms with Crippen LogP contribution in [0.25, 0.3) is 0 Å². The molecule has 2 aromatic rings. The lowest BCUT2D eigenvalue weighted by molar-refractivity contribution is -0.133. The van der Waals surface area contributed by atoms with E-state index in [-0.39, 0.29) is 29.5 Å². The molecule has 1 N–H and O–H groups in total. The lowest BCUT2D eigenvalue weighted by Gasteiger charge is -2.26. The molecule has 0 fully saturated rings. The Hall–Kier alpha value is -2.27. The van der Waals surface area contributed by atoms with Crippen molar-refractivity contribution in [3.05, 3.63) is 64.7 Å². The number of anilines is 1. The number of hydrogen-bond donors (Lipinski definition) is 1. The monoisotopic (exact) mass is 412 g/mol. The van der Waals surface area contributed by atoms with Crippen LogP contribution < -0.4 is 5.32 Å². The molecule has 0 aliphatic heterocycles. The van der Waals surface area contributed by atoms with E-state index in [9.17, 15) is 9.59 Å². The molecular weight excluding hydrogens is 380 g/mol. The molecule has 4 nitrogen and oxygen atoms in total. The second-order valence-electron chi connectivity index (χ2n) is 7.98. The fraction of sp³-hybridized carbons (Fsp3) is 0.417. The lowest BCUT2D eigenvalue weighted by Crippen LogP contribution is -2.41. The molecule has 0 spiro atoms. The molecule has 156 valence electrons. The molecule has 2 amide bonds. The van der Waals surface area contributed by atoms with Gasteiger partial charge in [-0.25, -0.2) is 0 Å². The van der Waals surface area contributed by atoms with E-state index >= 15 is 0 Å². The molecule has 0 aromatic heterocycles. The van der Waals surface area contributed by atoms with Gasteiger partial charge >= 0.3 is 0 Å². The van der Waals surface area contributed by atoms with Gasteiger partial charge in [0.05, 0.1) is 11.8 Å². The highest BCUT2D eigenvalue weighted by atomic mass is 32.2. The fourth-order valence-corrected chi connectivity index (χ4v) is 4.65. The molecule has 0 radical (unpaired) electrons. The first-order valence-electron chi connectivity index (χ1n) is 9.97. The van der Waals surface area contributed by atoms with Crippen LogP contribution in [0, 0.1) is 26.7 Å². The Balaban J connectivity index is 1.99. The normalized spacial score (nSPS) is 12.0. The zero-order valence-corrected chi connectivity index (χ0v) is 19.1. The summed E-state index contributed by atoms with van der Waals surface area (Å²) in [5.41, 5.74) is 5.26. The molecule has 2 rings (SSSR count). The highest BCUT2D eigenvalue weighted by Crippen LogP contribution is 2.26. The Morgan fingerprint density at radius 1 is 1.03 bits per heavy atom. The minimum atomic E-state index is -0.184. The molecule has 0 saturated heterocycles. The van der Waals surface area contributed by atoms with Crippen molar-refractivity contribution in [2.45, 2.75) is 45.6 Å². The number of amides is 2. The van der Waals surface area contributed by atoms with Crippen molar-refractivity contribution >= 4 is 29.3 Å². The molecule has 5 heteroatoms. The first-order chi connectivity index (χ1) is 13.7. The van der Waals surface area contributed by atoms with Crippen LogP contribution in [0.4, 0.5) is 5.69 Å². The predicted molar refractivity (Wildman–Crippen MR) is 123 cm³/mol. The van der Waals surface area contributed by atoms with Gasteiger partial charge in [0.1, 0.15) is 0 Å². The van der Waals surface area contributed by atoms with Gasteiger partial charge in [0.2, 0.25) is 11.8 Å². The van der Waals surface area contributed by atoms with Crippen molar-refractivity contribution in [3.8, 4) is 0 Å². The van der Waals surface area contributed by atoms with E-state index in [1.807, 2.05) is 65.0 Å². The summed E-state index contributed by atoms with van der Waals surface area (Å²) >= 11 is 1.63. The van der Waals surface area contributed by atoms with Crippen LogP contribution in [0.5, 0.6) is 0 Å². The molecule has 0 saturated carbocycles. The summed E-state index contributed by atoms with van der Waals surface area (Å²) in [6.45, 7) is 10.2. The number of carbonyl (C=O) groups excluding carboxylic acids is 2. The topological polar surface area (TPSA) is 49.4 Å². The predicted octanol–water partition coefficient (Wildman–Crippen LogP) is 4.97. The highest BCUT2D eigenvalue weighted by molar-refractivity contribution is 7.99. The molecule has 0 bridgehead atoms. The van der Waals surface area contributed by atoms with E-state index in [4.69, 9.17) is 0 Å². The van der Waals surface area contributed by atoms with Gasteiger partial charge in [-0.15, -0.1) is 11.8 Å². The van der Waals surface area contributed by atoms with Gasteiger partial charge in [-0.1, -0.05) is 61.9 Å². The maximum Gasteiger partial charge on any atom is 0.243 e. The van der Waals surface area contributed by atoms with Crippen molar-refractivity contribution in [3.63, 3.8) is 0 Å². The van der Waals surface area contributed by atoms with Gasteiger partial charge in [-0.05, 0) is 43.4 Å². The maximum atomic E-state index is 13.0. The summed E-state index contributed by atoms with van der Waals surface area (Å²) in [6, 6.07) is 14.2. The number of nitrogens with one attached hydrogen (secondary N) is 1. The van der Waals surface area contributed by atoms with Crippen LogP contribution in [0.3, 0.4) is 0 Å². The number of hydrogen-bond acceptors (Lipinski definition) is 3. The molecular formula is C24H32N2O2S. The fourth-order valence-electron chi connectivity index (χ4n) is 3.38. The molecule has 1 unspecified atom stereocenters. The third-order valence-electron chi connectivity index (χ3n) is 4.82. The Bertz CT molecular complexity index is 826. The molecule has 1 atom stereocenters. The van der Waals surface area contributed by atoms with Crippen LogP contribution in [0.2, 0.25) is 0 Å². The van der Waals surface area contributed by atoms with Crippen LogP contribution in [0.1, 0.15) is 36.1 Å². The standard InChI is InChI=1S/C24H32N2O2S/c1-16(2)23(29-15-20-10-8-7-9-11-20)24(28)26(6)14-21(27)25-22-18(4)12-17(3)13-19(22)5/h7-13,16,23H,14-15H2,1-6H3,(H,25,27). The summed E-state index contributed by atoms with van der Waals surface area (Å²) in [5.74, 6) is 0.778. The number of carbonyl (C=O) groups is 2. The van der Waals surface area contributed by atoms with Crippen molar-refractivity contribution < 1.29 is 9.59 Å². The smallest absolute Gasteiger partial charge is 0.243 e. The Morgan fingerprint density at radius 3 is 2.17 bits per heavy atom. The summed E-state index contributed by atoms with van der Waals surface area (Å²) in [7, 11) is 1.70. The third kappa shape index (κ3) is 6.64. The zero-order valence-electron chi connectivity index (χ0n) is 18.3. The van der Waals surface area contributed by atoms with Crippen molar-refractivity contribution in [1.82, 2.24) is 4.90 Å². The Labute approximate surface area is 179 Å². The summed E-state index contributed by atoms with van der Waals surface area (Å²) in [6.07, 6.45) is 0. The molecule has 0 aliphatic rings. The Kier molecular flexibility index (Phi) is 8.32. The van der Waals surface area contributed by atoms with Crippen LogP contribution >= 0.6 is 11.8 Å².